The zero-order chi connectivity index (χ0) is 23.3. The second-order valence-corrected chi connectivity index (χ2v) is 9.45. The molecule has 8 heteroatoms. The van der Waals surface area contributed by atoms with Gasteiger partial charge in [-0.1, -0.05) is 42.8 Å². The summed E-state index contributed by atoms with van der Waals surface area (Å²) in [6, 6.07) is 18.4. The molecular weight excluding hydrogens is 448 g/mol. The minimum atomic E-state index is -3.80. The van der Waals surface area contributed by atoms with Crippen LogP contribution in [0.4, 0.5) is 11.4 Å². The van der Waals surface area contributed by atoms with Crippen LogP contribution in [0.25, 0.3) is 0 Å². The van der Waals surface area contributed by atoms with E-state index in [0.29, 0.717) is 28.6 Å². The van der Waals surface area contributed by atoms with Gasteiger partial charge in [0.25, 0.3) is 15.9 Å². The molecule has 2 N–H and O–H groups in total. The van der Waals surface area contributed by atoms with E-state index < -0.39 is 16.1 Å². The molecule has 0 saturated heterocycles. The van der Waals surface area contributed by atoms with Crippen LogP contribution in [-0.2, 0) is 14.8 Å². The fraction of sp³-hybridized carbons (Fsp3) is 0.208. The Morgan fingerprint density at radius 3 is 2.25 bits per heavy atom. The van der Waals surface area contributed by atoms with Crippen molar-refractivity contribution in [3.63, 3.8) is 0 Å². The lowest BCUT2D eigenvalue weighted by Crippen LogP contribution is -2.32. The summed E-state index contributed by atoms with van der Waals surface area (Å²) >= 11 is 6.07. The smallest absolute Gasteiger partial charge is 0.265 e. The van der Waals surface area contributed by atoms with Gasteiger partial charge in [-0.15, -0.1) is 0 Å². The summed E-state index contributed by atoms with van der Waals surface area (Å²) in [7, 11) is -3.80. The number of aryl methyl sites for hydroxylation is 2. The zero-order valence-corrected chi connectivity index (χ0v) is 19.6. The SMILES string of the molecule is CCC(Oc1ccccc1C)C(=O)Nc1ccc(S(=O)(=O)Nc2ccc(C)c(Cl)c2)cc1. The first kappa shape index (κ1) is 23.6. The van der Waals surface area contributed by atoms with E-state index in [0.717, 1.165) is 11.1 Å². The molecule has 1 unspecified atom stereocenters. The van der Waals surface area contributed by atoms with Gasteiger partial charge in [0.05, 0.1) is 10.6 Å². The lowest BCUT2D eigenvalue weighted by molar-refractivity contribution is -0.122. The molecule has 0 fully saturated rings. The summed E-state index contributed by atoms with van der Waals surface area (Å²) in [5.74, 6) is 0.344. The van der Waals surface area contributed by atoms with Gasteiger partial charge < -0.3 is 10.1 Å². The number of ether oxygens (including phenoxy) is 1. The van der Waals surface area contributed by atoms with E-state index in [9.17, 15) is 13.2 Å². The van der Waals surface area contributed by atoms with Crippen molar-refractivity contribution in [2.24, 2.45) is 0 Å². The quantitative estimate of drug-likeness (QED) is 0.450. The van der Waals surface area contributed by atoms with E-state index in [1.54, 1.807) is 18.2 Å². The Balaban J connectivity index is 1.68. The molecule has 1 amide bonds. The maximum atomic E-state index is 12.7. The number of hydrogen-bond acceptors (Lipinski definition) is 4. The van der Waals surface area contributed by atoms with Crippen molar-refractivity contribution in [3.8, 4) is 5.75 Å². The van der Waals surface area contributed by atoms with E-state index in [4.69, 9.17) is 16.3 Å². The first-order chi connectivity index (χ1) is 15.2. The molecular formula is C24H25ClN2O4S. The Morgan fingerprint density at radius 1 is 0.969 bits per heavy atom. The number of anilines is 2. The molecule has 3 rings (SSSR count). The van der Waals surface area contributed by atoms with Crippen LogP contribution in [0.3, 0.4) is 0 Å². The fourth-order valence-electron chi connectivity index (χ4n) is 2.97. The van der Waals surface area contributed by atoms with Gasteiger partial charge in [-0.05, 0) is 73.9 Å². The molecule has 3 aromatic carbocycles. The van der Waals surface area contributed by atoms with E-state index in [1.165, 1.54) is 24.3 Å². The first-order valence-corrected chi connectivity index (χ1v) is 12.0. The predicted octanol–water partition coefficient (Wildman–Crippen LogP) is 5.55. The largest absolute Gasteiger partial charge is 0.480 e. The van der Waals surface area contributed by atoms with Gasteiger partial charge in [-0.25, -0.2) is 8.42 Å². The third-order valence-electron chi connectivity index (χ3n) is 4.88. The molecule has 0 spiro atoms. The Labute approximate surface area is 193 Å². The van der Waals surface area contributed by atoms with Crippen LogP contribution in [0.5, 0.6) is 5.75 Å². The Morgan fingerprint density at radius 2 is 1.62 bits per heavy atom. The summed E-state index contributed by atoms with van der Waals surface area (Å²) in [6.07, 6.45) is -0.192. The standard InChI is InChI=1S/C24H25ClN2O4S/c1-4-22(31-23-8-6-5-7-17(23)3)24(28)26-18-11-13-20(14-12-18)32(29,30)27-19-10-9-16(2)21(25)15-19/h5-15,22,27H,4H2,1-3H3,(H,26,28). The number of carbonyl (C=O) groups excluding carboxylic acids is 1. The Bertz CT molecular complexity index is 1210. The van der Waals surface area contributed by atoms with Crippen molar-refractivity contribution in [2.45, 2.75) is 38.2 Å². The molecule has 0 aromatic heterocycles. The van der Waals surface area contributed by atoms with Gasteiger partial charge in [0.15, 0.2) is 6.10 Å². The fourth-order valence-corrected chi connectivity index (χ4v) is 4.20. The highest BCUT2D eigenvalue weighted by Crippen LogP contribution is 2.24. The number of halogens is 1. The molecule has 1 atom stereocenters. The Hall–Kier alpha value is -3.03. The number of rotatable bonds is 8. The number of benzene rings is 3. The third kappa shape index (κ3) is 5.81. The number of carbonyl (C=O) groups is 1. The second-order valence-electron chi connectivity index (χ2n) is 7.36. The summed E-state index contributed by atoms with van der Waals surface area (Å²) in [4.78, 5) is 12.7. The molecule has 0 aliphatic rings. The number of amides is 1. The first-order valence-electron chi connectivity index (χ1n) is 10.1. The molecule has 0 radical (unpaired) electrons. The summed E-state index contributed by atoms with van der Waals surface area (Å²) < 4.78 is 33.7. The highest BCUT2D eigenvalue weighted by molar-refractivity contribution is 7.92. The highest BCUT2D eigenvalue weighted by Gasteiger charge is 2.20. The summed E-state index contributed by atoms with van der Waals surface area (Å²) in [5, 5.41) is 3.25. The maximum Gasteiger partial charge on any atom is 0.265 e. The minimum Gasteiger partial charge on any atom is -0.480 e. The topological polar surface area (TPSA) is 84.5 Å². The molecule has 3 aromatic rings. The van der Waals surface area contributed by atoms with Crippen molar-refractivity contribution in [2.75, 3.05) is 10.0 Å². The van der Waals surface area contributed by atoms with Gasteiger partial charge in [0.2, 0.25) is 0 Å². The van der Waals surface area contributed by atoms with Crippen LogP contribution in [0.1, 0.15) is 24.5 Å². The van der Waals surface area contributed by atoms with Crippen LogP contribution >= 0.6 is 11.6 Å². The van der Waals surface area contributed by atoms with Gasteiger partial charge >= 0.3 is 0 Å². The predicted molar refractivity (Wildman–Crippen MR) is 128 cm³/mol. The lowest BCUT2D eigenvalue weighted by atomic mass is 10.2. The van der Waals surface area contributed by atoms with Gasteiger partial charge in [0, 0.05) is 10.7 Å². The normalized spacial score (nSPS) is 12.1. The van der Waals surface area contributed by atoms with Crippen molar-refractivity contribution in [1.82, 2.24) is 0 Å². The van der Waals surface area contributed by atoms with Crippen LogP contribution in [0.15, 0.2) is 71.6 Å². The van der Waals surface area contributed by atoms with Crippen molar-refractivity contribution < 1.29 is 17.9 Å². The summed E-state index contributed by atoms with van der Waals surface area (Å²) in [5.41, 5.74) is 2.64. The van der Waals surface area contributed by atoms with Crippen LogP contribution in [0, 0.1) is 13.8 Å². The molecule has 168 valence electrons. The van der Waals surface area contributed by atoms with Crippen molar-refractivity contribution in [3.05, 3.63) is 82.9 Å². The molecule has 0 saturated carbocycles. The average Bonchev–Trinajstić information content (AvgIpc) is 2.76. The molecule has 0 heterocycles. The molecule has 0 aliphatic heterocycles. The third-order valence-corrected chi connectivity index (χ3v) is 6.69. The number of sulfonamides is 1. The zero-order valence-electron chi connectivity index (χ0n) is 18.1. The second kappa shape index (κ2) is 10.1. The van der Waals surface area contributed by atoms with Crippen LogP contribution < -0.4 is 14.8 Å². The van der Waals surface area contributed by atoms with Crippen molar-refractivity contribution in [1.29, 1.82) is 0 Å². The average molecular weight is 473 g/mol. The molecule has 32 heavy (non-hydrogen) atoms. The van der Waals surface area contributed by atoms with Crippen molar-refractivity contribution >= 4 is 38.9 Å². The van der Waals surface area contributed by atoms with Crippen LogP contribution in [0.2, 0.25) is 5.02 Å². The van der Waals surface area contributed by atoms with E-state index in [-0.39, 0.29) is 10.8 Å². The van der Waals surface area contributed by atoms with Gasteiger partial charge in [-0.3, -0.25) is 9.52 Å². The maximum absolute atomic E-state index is 12.7. The van der Waals surface area contributed by atoms with E-state index >= 15 is 0 Å². The minimum absolute atomic E-state index is 0.0652. The monoisotopic (exact) mass is 472 g/mol. The molecule has 0 aliphatic carbocycles. The number of nitrogens with one attached hydrogen (secondary N) is 2. The van der Waals surface area contributed by atoms with E-state index in [1.807, 2.05) is 45.0 Å². The molecule has 0 bridgehead atoms. The highest BCUT2D eigenvalue weighted by atomic mass is 35.5. The van der Waals surface area contributed by atoms with Crippen LogP contribution in [-0.4, -0.2) is 20.4 Å². The lowest BCUT2D eigenvalue weighted by Gasteiger charge is -2.18. The summed E-state index contributed by atoms with van der Waals surface area (Å²) in [6.45, 7) is 5.61. The van der Waals surface area contributed by atoms with Gasteiger partial charge in [0.1, 0.15) is 5.75 Å². The molecule has 6 nitrogen and oxygen atoms in total. The van der Waals surface area contributed by atoms with Gasteiger partial charge in [-0.2, -0.15) is 0 Å². The number of para-hydroxylation sites is 1. The Kier molecular flexibility index (Phi) is 7.43. The number of hydrogen-bond donors (Lipinski definition) is 2. The van der Waals surface area contributed by atoms with E-state index in [2.05, 4.69) is 10.0 Å².